The Hall–Kier alpha value is -2.53. The lowest BCUT2D eigenvalue weighted by Gasteiger charge is -2.32. The number of urea groups is 1. The highest BCUT2D eigenvalue weighted by Crippen LogP contribution is 2.20. The molecule has 148 valence electrons. The van der Waals surface area contributed by atoms with Crippen molar-refractivity contribution in [2.45, 2.75) is 37.9 Å². The van der Waals surface area contributed by atoms with Gasteiger partial charge in [-0.05, 0) is 37.0 Å². The zero-order valence-electron chi connectivity index (χ0n) is 16.4. The second-order valence-electron chi connectivity index (χ2n) is 7.92. The highest BCUT2D eigenvalue weighted by Gasteiger charge is 2.26. The lowest BCUT2D eigenvalue weighted by Crippen LogP contribution is -2.50. The number of nitrogens with zero attached hydrogens (tertiary/aromatic N) is 2. The monoisotopic (exact) mass is 378 g/mol. The van der Waals surface area contributed by atoms with Gasteiger partial charge in [-0.3, -0.25) is 4.90 Å². The summed E-state index contributed by atoms with van der Waals surface area (Å²) in [5, 5.41) is 6.36. The van der Waals surface area contributed by atoms with E-state index in [0.717, 1.165) is 52.0 Å². The van der Waals surface area contributed by atoms with Crippen molar-refractivity contribution in [3.8, 4) is 0 Å². The fourth-order valence-electron chi connectivity index (χ4n) is 4.24. The number of benzene rings is 2. The van der Waals surface area contributed by atoms with E-state index in [9.17, 15) is 4.79 Å². The van der Waals surface area contributed by atoms with Gasteiger partial charge in [0.1, 0.15) is 0 Å². The van der Waals surface area contributed by atoms with E-state index in [4.69, 9.17) is 0 Å². The summed E-state index contributed by atoms with van der Waals surface area (Å²) in [5.74, 6) is 0. The molecule has 2 heterocycles. The molecule has 4 rings (SSSR count). The van der Waals surface area contributed by atoms with Crippen molar-refractivity contribution < 1.29 is 4.79 Å². The van der Waals surface area contributed by atoms with Crippen LogP contribution in [-0.4, -0.2) is 49.2 Å². The smallest absolute Gasteiger partial charge is 0.315 e. The van der Waals surface area contributed by atoms with Crippen LogP contribution in [0.5, 0.6) is 0 Å². The molecule has 0 aromatic heterocycles. The van der Waals surface area contributed by atoms with Crippen molar-refractivity contribution in [2.75, 3.05) is 31.1 Å². The van der Waals surface area contributed by atoms with Crippen LogP contribution in [0.1, 0.15) is 24.8 Å². The van der Waals surface area contributed by atoms with E-state index >= 15 is 0 Å². The number of rotatable bonds is 5. The van der Waals surface area contributed by atoms with Crippen molar-refractivity contribution in [1.29, 1.82) is 0 Å². The average Bonchev–Trinajstić information content (AvgIpc) is 3.19. The van der Waals surface area contributed by atoms with Crippen molar-refractivity contribution in [3.63, 3.8) is 0 Å². The molecule has 2 aliphatic heterocycles. The number of anilines is 1. The number of para-hydroxylation sites is 1. The van der Waals surface area contributed by atoms with Gasteiger partial charge in [-0.2, -0.15) is 0 Å². The molecule has 5 nitrogen and oxygen atoms in total. The first kappa shape index (κ1) is 18.8. The number of hydrogen-bond donors (Lipinski definition) is 2. The summed E-state index contributed by atoms with van der Waals surface area (Å²) in [6, 6.07) is 21.5. The molecule has 1 atom stereocenters. The lowest BCUT2D eigenvalue weighted by atomic mass is 10.0. The number of amides is 2. The van der Waals surface area contributed by atoms with Crippen LogP contribution in [0.4, 0.5) is 10.5 Å². The van der Waals surface area contributed by atoms with Gasteiger partial charge in [0.25, 0.3) is 0 Å². The molecule has 0 spiro atoms. The number of carbonyl (C=O) groups is 1. The molecule has 0 aliphatic carbocycles. The Morgan fingerprint density at radius 2 is 1.43 bits per heavy atom. The lowest BCUT2D eigenvalue weighted by molar-refractivity contribution is 0.186. The standard InChI is InChI=1S/C23H30N4O/c28-23(25-21-13-16-27(18-21)22-9-5-2-6-10-22)24-20-11-14-26(15-12-20)17-19-7-3-1-4-8-19/h1-10,20-21H,11-18H2,(H2,24,25,28). The Balaban J connectivity index is 1.17. The summed E-state index contributed by atoms with van der Waals surface area (Å²) in [5.41, 5.74) is 2.59. The minimum absolute atomic E-state index is 0.0126. The van der Waals surface area contributed by atoms with Gasteiger partial charge in [0.05, 0.1) is 0 Å². The zero-order chi connectivity index (χ0) is 19.2. The predicted molar refractivity (Wildman–Crippen MR) is 113 cm³/mol. The highest BCUT2D eigenvalue weighted by atomic mass is 16.2. The Morgan fingerprint density at radius 3 is 2.14 bits per heavy atom. The van der Waals surface area contributed by atoms with Crippen LogP contribution >= 0.6 is 0 Å². The van der Waals surface area contributed by atoms with Gasteiger partial charge in [-0.15, -0.1) is 0 Å². The van der Waals surface area contributed by atoms with E-state index in [1.807, 2.05) is 6.07 Å². The molecule has 28 heavy (non-hydrogen) atoms. The molecule has 2 aromatic rings. The van der Waals surface area contributed by atoms with Gasteiger partial charge in [0.2, 0.25) is 0 Å². The van der Waals surface area contributed by atoms with E-state index in [1.165, 1.54) is 11.3 Å². The molecule has 2 fully saturated rings. The van der Waals surface area contributed by atoms with Crippen LogP contribution in [0.15, 0.2) is 60.7 Å². The van der Waals surface area contributed by atoms with Gasteiger partial charge in [-0.25, -0.2) is 4.79 Å². The first-order valence-corrected chi connectivity index (χ1v) is 10.4. The Bertz CT molecular complexity index is 744. The molecule has 5 heteroatoms. The maximum atomic E-state index is 12.4. The number of likely N-dealkylation sites (tertiary alicyclic amines) is 1. The van der Waals surface area contributed by atoms with Gasteiger partial charge >= 0.3 is 6.03 Å². The molecule has 2 N–H and O–H groups in total. The molecule has 2 aromatic carbocycles. The van der Waals surface area contributed by atoms with E-state index in [0.29, 0.717) is 0 Å². The van der Waals surface area contributed by atoms with Crippen molar-refractivity contribution >= 4 is 11.7 Å². The summed E-state index contributed by atoms with van der Waals surface area (Å²) in [6.45, 7) is 4.94. The number of carbonyl (C=O) groups excluding carboxylic acids is 1. The molecule has 2 aliphatic rings. The number of hydrogen-bond acceptors (Lipinski definition) is 3. The minimum Gasteiger partial charge on any atom is -0.369 e. The minimum atomic E-state index is -0.0126. The van der Waals surface area contributed by atoms with E-state index in [2.05, 4.69) is 75.0 Å². The van der Waals surface area contributed by atoms with Gasteiger partial charge in [-0.1, -0.05) is 48.5 Å². The Kier molecular flexibility index (Phi) is 6.12. The van der Waals surface area contributed by atoms with Gasteiger partial charge < -0.3 is 15.5 Å². The molecule has 2 amide bonds. The van der Waals surface area contributed by atoms with Crippen molar-refractivity contribution in [2.24, 2.45) is 0 Å². The zero-order valence-corrected chi connectivity index (χ0v) is 16.4. The Morgan fingerprint density at radius 1 is 0.821 bits per heavy atom. The summed E-state index contributed by atoms with van der Waals surface area (Å²) in [4.78, 5) is 17.2. The molecule has 0 radical (unpaired) electrons. The van der Waals surface area contributed by atoms with Crippen LogP contribution < -0.4 is 15.5 Å². The number of piperidine rings is 1. The largest absolute Gasteiger partial charge is 0.369 e. The van der Waals surface area contributed by atoms with E-state index in [1.54, 1.807) is 0 Å². The molecular weight excluding hydrogens is 348 g/mol. The number of nitrogens with one attached hydrogen (secondary N) is 2. The Labute approximate surface area is 167 Å². The second kappa shape index (κ2) is 9.11. The van der Waals surface area contributed by atoms with Gasteiger partial charge in [0.15, 0.2) is 0 Å². The van der Waals surface area contributed by atoms with Crippen LogP contribution in [0, 0.1) is 0 Å². The third-order valence-corrected chi connectivity index (χ3v) is 5.82. The van der Waals surface area contributed by atoms with Crippen LogP contribution in [-0.2, 0) is 6.54 Å². The quantitative estimate of drug-likeness (QED) is 0.840. The summed E-state index contributed by atoms with van der Waals surface area (Å²) < 4.78 is 0. The molecular formula is C23H30N4O. The third-order valence-electron chi connectivity index (χ3n) is 5.82. The SMILES string of the molecule is O=C(NC1CCN(Cc2ccccc2)CC1)NC1CCN(c2ccccc2)C1. The maximum Gasteiger partial charge on any atom is 0.315 e. The first-order chi connectivity index (χ1) is 13.8. The third kappa shape index (κ3) is 5.04. The normalized spacial score (nSPS) is 20.9. The van der Waals surface area contributed by atoms with Gasteiger partial charge in [0, 0.05) is 50.5 Å². The topological polar surface area (TPSA) is 47.6 Å². The highest BCUT2D eigenvalue weighted by molar-refractivity contribution is 5.74. The predicted octanol–water partition coefficient (Wildman–Crippen LogP) is 3.23. The summed E-state index contributed by atoms with van der Waals surface area (Å²) in [6.07, 6.45) is 3.03. The molecule has 2 saturated heterocycles. The van der Waals surface area contributed by atoms with Crippen molar-refractivity contribution in [1.82, 2.24) is 15.5 Å². The summed E-state index contributed by atoms with van der Waals surface area (Å²) >= 11 is 0. The van der Waals surface area contributed by atoms with E-state index < -0.39 is 0 Å². The first-order valence-electron chi connectivity index (χ1n) is 10.4. The van der Waals surface area contributed by atoms with Crippen LogP contribution in [0.2, 0.25) is 0 Å². The van der Waals surface area contributed by atoms with Crippen LogP contribution in [0.3, 0.4) is 0 Å². The fourth-order valence-corrected chi connectivity index (χ4v) is 4.24. The molecule has 0 saturated carbocycles. The van der Waals surface area contributed by atoms with Crippen LogP contribution in [0.25, 0.3) is 0 Å². The fraction of sp³-hybridized carbons (Fsp3) is 0.435. The van der Waals surface area contributed by atoms with Crippen molar-refractivity contribution in [3.05, 3.63) is 66.2 Å². The van der Waals surface area contributed by atoms with E-state index in [-0.39, 0.29) is 18.1 Å². The average molecular weight is 379 g/mol. The maximum absolute atomic E-state index is 12.4. The molecule has 1 unspecified atom stereocenters. The second-order valence-corrected chi connectivity index (χ2v) is 7.92. The summed E-state index contributed by atoms with van der Waals surface area (Å²) in [7, 11) is 0. The molecule has 0 bridgehead atoms.